The van der Waals surface area contributed by atoms with Gasteiger partial charge in [-0.25, -0.2) is 0 Å². The third-order valence-electron chi connectivity index (χ3n) is 3.26. The molecule has 1 N–H and O–H groups in total. The lowest BCUT2D eigenvalue weighted by Crippen LogP contribution is -2.21. The van der Waals surface area contributed by atoms with Gasteiger partial charge >= 0.3 is 0 Å². The molecule has 0 fully saturated rings. The fourth-order valence-corrected chi connectivity index (χ4v) is 2.60. The second-order valence-corrected chi connectivity index (χ2v) is 6.53. The van der Waals surface area contributed by atoms with Crippen molar-refractivity contribution >= 4 is 15.9 Å². The zero-order chi connectivity index (χ0) is 15.4. The summed E-state index contributed by atoms with van der Waals surface area (Å²) in [6.45, 7) is 9.31. The number of hydrogen-bond acceptors (Lipinski definition) is 2. The Morgan fingerprint density at radius 2 is 1.76 bits per heavy atom. The molecule has 0 heterocycles. The molecule has 0 aliphatic heterocycles. The Bertz CT molecular complexity index is 623. The van der Waals surface area contributed by atoms with E-state index in [-0.39, 0.29) is 0 Å². The smallest absolute Gasteiger partial charge is 0.141 e. The van der Waals surface area contributed by atoms with E-state index in [0.29, 0.717) is 6.04 Å². The predicted octanol–water partition coefficient (Wildman–Crippen LogP) is 5.36. The zero-order valence-corrected chi connectivity index (χ0v) is 14.6. The molecule has 0 bridgehead atoms. The summed E-state index contributed by atoms with van der Waals surface area (Å²) in [6.07, 6.45) is 0. The first-order valence-corrected chi connectivity index (χ1v) is 8.02. The van der Waals surface area contributed by atoms with Crippen LogP contribution in [0, 0.1) is 13.8 Å². The van der Waals surface area contributed by atoms with E-state index in [0.717, 1.165) is 28.1 Å². The van der Waals surface area contributed by atoms with Crippen LogP contribution >= 0.6 is 15.9 Å². The van der Waals surface area contributed by atoms with Crippen molar-refractivity contribution in [3.8, 4) is 11.5 Å². The van der Waals surface area contributed by atoms with Crippen molar-refractivity contribution in [1.29, 1.82) is 0 Å². The lowest BCUT2D eigenvalue weighted by atomic mass is 10.1. The zero-order valence-electron chi connectivity index (χ0n) is 13.0. The molecular weight excluding hydrogens is 326 g/mol. The molecule has 0 spiro atoms. The van der Waals surface area contributed by atoms with Gasteiger partial charge in [0.05, 0.1) is 4.47 Å². The maximum absolute atomic E-state index is 6.01. The van der Waals surface area contributed by atoms with Crippen molar-refractivity contribution in [3.63, 3.8) is 0 Å². The highest BCUT2D eigenvalue weighted by atomic mass is 79.9. The van der Waals surface area contributed by atoms with Crippen LogP contribution in [-0.2, 0) is 6.54 Å². The molecule has 0 radical (unpaired) electrons. The summed E-state index contributed by atoms with van der Waals surface area (Å²) < 4.78 is 6.99. The van der Waals surface area contributed by atoms with Crippen LogP contribution in [0.2, 0.25) is 0 Å². The number of aryl methyl sites for hydroxylation is 2. The van der Waals surface area contributed by atoms with Gasteiger partial charge in [-0.05, 0) is 59.1 Å². The summed E-state index contributed by atoms with van der Waals surface area (Å²) in [4.78, 5) is 0. The van der Waals surface area contributed by atoms with Crippen LogP contribution in [0.1, 0.15) is 30.5 Å². The molecular formula is C18H22BrNO. The van der Waals surface area contributed by atoms with E-state index >= 15 is 0 Å². The molecule has 0 saturated heterocycles. The first-order chi connectivity index (χ1) is 9.95. The summed E-state index contributed by atoms with van der Waals surface area (Å²) >= 11 is 3.60. The molecule has 0 unspecified atom stereocenters. The van der Waals surface area contributed by atoms with Crippen LogP contribution in [0.15, 0.2) is 40.9 Å². The van der Waals surface area contributed by atoms with Crippen LogP contribution in [0.4, 0.5) is 0 Å². The Balaban J connectivity index is 2.13. The Kier molecular flexibility index (Phi) is 5.43. The van der Waals surface area contributed by atoms with Gasteiger partial charge in [-0.1, -0.05) is 37.6 Å². The van der Waals surface area contributed by atoms with E-state index in [4.69, 9.17) is 4.74 Å². The Labute approximate surface area is 135 Å². The highest BCUT2D eigenvalue weighted by Crippen LogP contribution is 2.32. The Morgan fingerprint density at radius 3 is 2.38 bits per heavy atom. The number of hydrogen-bond donors (Lipinski definition) is 1. The molecule has 3 heteroatoms. The summed E-state index contributed by atoms with van der Waals surface area (Å²) in [5.74, 6) is 1.74. The van der Waals surface area contributed by atoms with Crippen molar-refractivity contribution in [3.05, 3.63) is 57.6 Å². The minimum absolute atomic E-state index is 0.481. The minimum Gasteiger partial charge on any atom is -0.456 e. The summed E-state index contributed by atoms with van der Waals surface area (Å²) in [7, 11) is 0. The van der Waals surface area contributed by atoms with Crippen LogP contribution in [-0.4, -0.2) is 6.04 Å². The molecule has 0 aromatic heterocycles. The fourth-order valence-electron chi connectivity index (χ4n) is 2.09. The minimum atomic E-state index is 0.481. The van der Waals surface area contributed by atoms with Gasteiger partial charge < -0.3 is 10.1 Å². The third-order valence-corrected chi connectivity index (χ3v) is 3.88. The SMILES string of the molecule is Cc1ccc(Oc2ccc(CNC(C)C)cc2Br)c(C)c1. The van der Waals surface area contributed by atoms with Gasteiger partial charge in [0, 0.05) is 12.6 Å². The van der Waals surface area contributed by atoms with Crippen molar-refractivity contribution in [2.75, 3.05) is 0 Å². The van der Waals surface area contributed by atoms with E-state index in [2.05, 4.69) is 73.2 Å². The number of rotatable bonds is 5. The van der Waals surface area contributed by atoms with E-state index in [1.807, 2.05) is 12.1 Å². The predicted molar refractivity (Wildman–Crippen MR) is 92.1 cm³/mol. The van der Waals surface area contributed by atoms with Crippen LogP contribution in [0.25, 0.3) is 0 Å². The summed E-state index contributed by atoms with van der Waals surface area (Å²) in [5.41, 5.74) is 3.63. The van der Waals surface area contributed by atoms with Gasteiger partial charge in [-0.2, -0.15) is 0 Å². The molecule has 0 amide bonds. The Hall–Kier alpha value is -1.32. The third kappa shape index (κ3) is 4.58. The first kappa shape index (κ1) is 16.1. The van der Waals surface area contributed by atoms with Gasteiger partial charge in [0.1, 0.15) is 11.5 Å². The van der Waals surface area contributed by atoms with Gasteiger partial charge in [0.15, 0.2) is 0 Å². The quantitative estimate of drug-likeness (QED) is 0.786. The highest BCUT2D eigenvalue weighted by Gasteiger charge is 2.07. The summed E-state index contributed by atoms with van der Waals surface area (Å²) in [5, 5.41) is 3.41. The second-order valence-electron chi connectivity index (χ2n) is 5.67. The van der Waals surface area contributed by atoms with E-state index in [1.54, 1.807) is 0 Å². The van der Waals surface area contributed by atoms with Gasteiger partial charge in [-0.3, -0.25) is 0 Å². The maximum atomic E-state index is 6.01. The summed E-state index contributed by atoms with van der Waals surface area (Å²) in [6, 6.07) is 12.9. The standard InChI is InChI=1S/C18H22BrNO/c1-12(2)20-11-15-6-8-18(16(19)10-15)21-17-7-5-13(3)9-14(17)4/h5-10,12,20H,11H2,1-4H3. The van der Waals surface area contributed by atoms with Crippen LogP contribution in [0.5, 0.6) is 11.5 Å². The molecule has 0 saturated carbocycles. The average Bonchev–Trinajstić information content (AvgIpc) is 2.42. The monoisotopic (exact) mass is 347 g/mol. The molecule has 21 heavy (non-hydrogen) atoms. The topological polar surface area (TPSA) is 21.3 Å². The molecule has 0 aliphatic rings. The normalized spacial score (nSPS) is 11.0. The first-order valence-electron chi connectivity index (χ1n) is 7.22. The number of benzene rings is 2. The van der Waals surface area contributed by atoms with Crippen molar-refractivity contribution in [1.82, 2.24) is 5.32 Å². The number of ether oxygens (including phenoxy) is 1. The van der Waals surface area contributed by atoms with Crippen LogP contribution in [0.3, 0.4) is 0 Å². The van der Waals surface area contributed by atoms with Crippen molar-refractivity contribution in [2.24, 2.45) is 0 Å². The van der Waals surface area contributed by atoms with Crippen molar-refractivity contribution < 1.29 is 4.74 Å². The lowest BCUT2D eigenvalue weighted by molar-refractivity contribution is 0.475. The highest BCUT2D eigenvalue weighted by molar-refractivity contribution is 9.10. The van der Waals surface area contributed by atoms with E-state index in [1.165, 1.54) is 11.1 Å². The van der Waals surface area contributed by atoms with Crippen molar-refractivity contribution in [2.45, 2.75) is 40.3 Å². The van der Waals surface area contributed by atoms with Gasteiger partial charge in [-0.15, -0.1) is 0 Å². The second kappa shape index (κ2) is 7.10. The average molecular weight is 348 g/mol. The molecule has 0 atom stereocenters. The number of halogens is 1. The van der Waals surface area contributed by atoms with E-state index < -0.39 is 0 Å². The molecule has 0 aliphatic carbocycles. The fraction of sp³-hybridized carbons (Fsp3) is 0.333. The van der Waals surface area contributed by atoms with Crippen LogP contribution < -0.4 is 10.1 Å². The molecule has 2 nitrogen and oxygen atoms in total. The Morgan fingerprint density at radius 1 is 1.05 bits per heavy atom. The molecule has 2 rings (SSSR count). The lowest BCUT2D eigenvalue weighted by Gasteiger charge is -2.13. The molecule has 2 aromatic rings. The molecule has 112 valence electrons. The van der Waals surface area contributed by atoms with Gasteiger partial charge in [0.25, 0.3) is 0 Å². The largest absolute Gasteiger partial charge is 0.456 e. The van der Waals surface area contributed by atoms with Gasteiger partial charge in [0.2, 0.25) is 0 Å². The maximum Gasteiger partial charge on any atom is 0.141 e. The van der Waals surface area contributed by atoms with E-state index in [9.17, 15) is 0 Å². The molecule has 2 aromatic carbocycles. The number of nitrogens with one attached hydrogen (secondary N) is 1.